The van der Waals surface area contributed by atoms with Crippen LogP contribution < -0.4 is 10.6 Å². The molecule has 1 aliphatic carbocycles. The van der Waals surface area contributed by atoms with Crippen LogP contribution in [0.25, 0.3) is 0 Å². The summed E-state index contributed by atoms with van der Waals surface area (Å²) >= 11 is 0. The zero-order valence-electron chi connectivity index (χ0n) is 10.0. The maximum atomic E-state index is 11.6. The first-order valence-corrected chi connectivity index (χ1v) is 5.83. The van der Waals surface area contributed by atoms with Crippen molar-refractivity contribution >= 4 is 12.0 Å². The highest BCUT2D eigenvalue weighted by atomic mass is 16.4. The number of H-pyrrole nitrogens is 1. The predicted molar refractivity (Wildman–Crippen MR) is 63.0 cm³/mol. The van der Waals surface area contributed by atoms with E-state index in [1.54, 1.807) is 6.20 Å². The van der Waals surface area contributed by atoms with Crippen LogP contribution >= 0.6 is 0 Å². The number of nitrogens with one attached hydrogen (secondary N) is 3. The minimum absolute atomic E-state index is 0.173. The molecule has 0 radical (unpaired) electrons. The predicted octanol–water partition coefficient (Wildman–Crippen LogP) is 0.113. The summed E-state index contributed by atoms with van der Waals surface area (Å²) < 4.78 is 0. The van der Waals surface area contributed by atoms with Gasteiger partial charge in [0.25, 0.3) is 0 Å². The standard InChI is InChI=1S/C11H16N4O3/c1-6-2-8(6)14-11(18)15-9(10(16)17)3-7-4-12-5-13-7/h4-6,8-9H,2-3H2,1H3,(H,12,13)(H,16,17)(H2,14,15,18)/t6?,8?,9-/m0/s1. The number of hydrogen-bond donors (Lipinski definition) is 4. The Balaban J connectivity index is 1.85. The summed E-state index contributed by atoms with van der Waals surface area (Å²) in [6, 6.07) is -1.22. The van der Waals surface area contributed by atoms with Crippen molar-refractivity contribution in [2.24, 2.45) is 5.92 Å². The largest absolute Gasteiger partial charge is 0.480 e. The molecule has 2 amide bonds. The molecule has 0 aromatic carbocycles. The first-order valence-electron chi connectivity index (χ1n) is 5.83. The molecule has 2 rings (SSSR count). The molecule has 1 heterocycles. The summed E-state index contributed by atoms with van der Waals surface area (Å²) in [5, 5.41) is 14.2. The number of amides is 2. The molecule has 98 valence electrons. The SMILES string of the molecule is CC1CC1NC(=O)N[C@@H](Cc1cnc[nH]1)C(=O)O. The van der Waals surface area contributed by atoms with Crippen LogP contribution in [-0.2, 0) is 11.2 Å². The van der Waals surface area contributed by atoms with Gasteiger partial charge in [0.05, 0.1) is 6.33 Å². The minimum atomic E-state index is -1.07. The number of aromatic amines is 1. The Hall–Kier alpha value is -2.05. The molecular formula is C11H16N4O3. The van der Waals surface area contributed by atoms with E-state index < -0.39 is 18.0 Å². The molecule has 0 saturated heterocycles. The Morgan fingerprint density at radius 3 is 2.89 bits per heavy atom. The Kier molecular flexibility index (Phi) is 3.50. The van der Waals surface area contributed by atoms with Crippen LogP contribution in [-0.4, -0.2) is 39.2 Å². The van der Waals surface area contributed by atoms with Gasteiger partial charge in [-0.2, -0.15) is 0 Å². The van der Waals surface area contributed by atoms with Crippen molar-refractivity contribution in [3.8, 4) is 0 Å². The number of carbonyl (C=O) groups excluding carboxylic acids is 1. The van der Waals surface area contributed by atoms with E-state index in [9.17, 15) is 9.59 Å². The average Bonchev–Trinajstić information content (AvgIpc) is 2.80. The number of carboxylic acid groups (broad SMARTS) is 1. The van der Waals surface area contributed by atoms with Crippen LogP contribution in [0.5, 0.6) is 0 Å². The second kappa shape index (κ2) is 5.07. The monoisotopic (exact) mass is 252 g/mol. The van der Waals surface area contributed by atoms with E-state index in [1.165, 1.54) is 6.33 Å². The zero-order chi connectivity index (χ0) is 13.1. The van der Waals surface area contributed by atoms with E-state index in [2.05, 4.69) is 20.6 Å². The average molecular weight is 252 g/mol. The van der Waals surface area contributed by atoms with E-state index in [-0.39, 0.29) is 12.5 Å². The molecule has 4 N–H and O–H groups in total. The Bertz CT molecular complexity index is 432. The molecule has 18 heavy (non-hydrogen) atoms. The van der Waals surface area contributed by atoms with Gasteiger partial charge in [-0.1, -0.05) is 6.92 Å². The van der Waals surface area contributed by atoms with E-state index in [0.717, 1.165) is 6.42 Å². The quantitative estimate of drug-likeness (QED) is 0.596. The third-order valence-corrected chi connectivity index (χ3v) is 3.01. The number of aliphatic carboxylic acids is 1. The van der Waals surface area contributed by atoms with Gasteiger partial charge in [0.1, 0.15) is 6.04 Å². The number of urea groups is 1. The van der Waals surface area contributed by atoms with Crippen LogP contribution in [0.3, 0.4) is 0 Å². The molecule has 1 aromatic rings. The van der Waals surface area contributed by atoms with Gasteiger partial charge in [-0.15, -0.1) is 0 Å². The summed E-state index contributed by atoms with van der Waals surface area (Å²) in [5.41, 5.74) is 0.669. The fraction of sp³-hybridized carbons (Fsp3) is 0.545. The number of hydrogen-bond acceptors (Lipinski definition) is 3. The normalized spacial score (nSPS) is 23.2. The van der Waals surface area contributed by atoms with Gasteiger partial charge >= 0.3 is 12.0 Å². The van der Waals surface area contributed by atoms with Gasteiger partial charge in [0, 0.05) is 24.4 Å². The Labute approximate surface area is 104 Å². The highest BCUT2D eigenvalue weighted by Crippen LogP contribution is 2.28. The Morgan fingerprint density at radius 2 is 2.39 bits per heavy atom. The van der Waals surface area contributed by atoms with Crippen molar-refractivity contribution in [3.05, 3.63) is 18.2 Å². The number of imidazole rings is 1. The maximum Gasteiger partial charge on any atom is 0.326 e. The van der Waals surface area contributed by atoms with Crippen LogP contribution in [0.1, 0.15) is 19.0 Å². The molecule has 0 spiro atoms. The lowest BCUT2D eigenvalue weighted by Gasteiger charge is -2.14. The highest BCUT2D eigenvalue weighted by molar-refractivity contribution is 5.83. The lowest BCUT2D eigenvalue weighted by atomic mass is 10.2. The third-order valence-electron chi connectivity index (χ3n) is 3.01. The molecular weight excluding hydrogens is 236 g/mol. The van der Waals surface area contributed by atoms with Gasteiger partial charge < -0.3 is 20.7 Å². The van der Waals surface area contributed by atoms with Crippen molar-refractivity contribution in [1.29, 1.82) is 0 Å². The first-order chi connectivity index (χ1) is 8.56. The summed E-state index contributed by atoms with van der Waals surface area (Å²) in [4.78, 5) is 29.2. The van der Waals surface area contributed by atoms with E-state index in [4.69, 9.17) is 5.11 Å². The molecule has 2 unspecified atom stereocenters. The van der Waals surface area contributed by atoms with Crippen LogP contribution in [0.2, 0.25) is 0 Å². The van der Waals surface area contributed by atoms with E-state index in [0.29, 0.717) is 11.6 Å². The number of carbonyl (C=O) groups is 2. The lowest BCUT2D eigenvalue weighted by molar-refractivity contribution is -0.139. The summed E-state index contributed by atoms with van der Waals surface area (Å²) in [5.74, 6) is -0.588. The fourth-order valence-electron chi connectivity index (χ4n) is 1.71. The highest BCUT2D eigenvalue weighted by Gasteiger charge is 2.34. The molecule has 1 aliphatic rings. The number of carboxylic acids is 1. The van der Waals surface area contributed by atoms with Crippen molar-refractivity contribution < 1.29 is 14.7 Å². The lowest BCUT2D eigenvalue weighted by Crippen LogP contribution is -2.47. The zero-order valence-corrected chi connectivity index (χ0v) is 10.0. The molecule has 1 fully saturated rings. The number of rotatable bonds is 5. The summed E-state index contributed by atoms with van der Waals surface area (Å²) in [7, 11) is 0. The third kappa shape index (κ3) is 3.22. The molecule has 7 nitrogen and oxygen atoms in total. The molecule has 1 aromatic heterocycles. The Morgan fingerprint density at radius 1 is 1.67 bits per heavy atom. The van der Waals surface area contributed by atoms with Crippen LogP contribution in [0.15, 0.2) is 12.5 Å². The number of aromatic nitrogens is 2. The summed E-state index contributed by atoms with van der Waals surface area (Å²) in [6.07, 6.45) is 4.15. The van der Waals surface area contributed by atoms with Crippen molar-refractivity contribution in [2.75, 3.05) is 0 Å². The second-order valence-corrected chi connectivity index (χ2v) is 4.61. The molecule has 0 aliphatic heterocycles. The van der Waals surface area contributed by atoms with Gasteiger partial charge in [-0.05, 0) is 12.3 Å². The molecule has 1 saturated carbocycles. The molecule has 3 atom stereocenters. The van der Waals surface area contributed by atoms with Gasteiger partial charge in [0.2, 0.25) is 0 Å². The van der Waals surface area contributed by atoms with Crippen LogP contribution in [0.4, 0.5) is 4.79 Å². The van der Waals surface area contributed by atoms with Gasteiger partial charge in [-0.25, -0.2) is 14.6 Å². The number of nitrogens with zero attached hydrogens (tertiary/aromatic N) is 1. The topological polar surface area (TPSA) is 107 Å². The summed E-state index contributed by atoms with van der Waals surface area (Å²) in [6.45, 7) is 2.03. The minimum Gasteiger partial charge on any atom is -0.480 e. The van der Waals surface area contributed by atoms with E-state index >= 15 is 0 Å². The van der Waals surface area contributed by atoms with E-state index in [1.807, 2.05) is 6.92 Å². The van der Waals surface area contributed by atoms with Crippen molar-refractivity contribution in [3.63, 3.8) is 0 Å². The van der Waals surface area contributed by atoms with Gasteiger partial charge in [-0.3, -0.25) is 0 Å². The maximum absolute atomic E-state index is 11.6. The molecule has 0 bridgehead atoms. The second-order valence-electron chi connectivity index (χ2n) is 4.61. The van der Waals surface area contributed by atoms with Gasteiger partial charge in [0.15, 0.2) is 0 Å². The van der Waals surface area contributed by atoms with Crippen LogP contribution in [0, 0.1) is 5.92 Å². The first kappa shape index (κ1) is 12.4. The van der Waals surface area contributed by atoms with Crippen molar-refractivity contribution in [2.45, 2.75) is 31.8 Å². The molecule has 7 heteroatoms. The van der Waals surface area contributed by atoms with Crippen molar-refractivity contribution in [1.82, 2.24) is 20.6 Å². The fourth-order valence-corrected chi connectivity index (χ4v) is 1.71. The smallest absolute Gasteiger partial charge is 0.326 e.